The van der Waals surface area contributed by atoms with Gasteiger partial charge >= 0.3 is 0 Å². The number of rotatable bonds is 8. The summed E-state index contributed by atoms with van der Waals surface area (Å²) < 4.78 is 31.5. The number of aromatic nitrogens is 3. The standard InChI is InChI=1S/C33H28N4O5S/c1-43(40,41)42-18-8-17-37-28-14-7-5-12-25(28)31(35-37)30-29(32(38)34-33(30)39)26-20-36(27-13-6-4-11-24(26)27)23-16-15-21-9-2-3-10-22(21)19-23/h2-7,9-16,19-20,29-30H,8,17-18H2,1H3,(H,34,38,39). The van der Waals surface area contributed by atoms with Crippen molar-refractivity contribution < 1.29 is 22.2 Å². The number of hydrogen-bond acceptors (Lipinski definition) is 6. The van der Waals surface area contributed by atoms with Crippen molar-refractivity contribution in [3.63, 3.8) is 0 Å². The largest absolute Gasteiger partial charge is 0.316 e. The highest BCUT2D eigenvalue weighted by atomic mass is 32.2. The Labute approximate surface area is 247 Å². The summed E-state index contributed by atoms with van der Waals surface area (Å²) in [7, 11) is -3.55. The Bertz CT molecular complexity index is 2160. The van der Waals surface area contributed by atoms with Crippen molar-refractivity contribution >= 4 is 54.5 Å². The zero-order chi connectivity index (χ0) is 29.7. The summed E-state index contributed by atoms with van der Waals surface area (Å²) in [6.45, 7) is 0.395. The molecule has 0 aliphatic carbocycles. The molecule has 10 heteroatoms. The molecule has 0 radical (unpaired) electrons. The van der Waals surface area contributed by atoms with Crippen LogP contribution < -0.4 is 5.32 Å². The molecule has 9 nitrogen and oxygen atoms in total. The van der Waals surface area contributed by atoms with Crippen LogP contribution >= 0.6 is 0 Å². The van der Waals surface area contributed by atoms with E-state index >= 15 is 0 Å². The number of carbonyl (C=O) groups excluding carboxylic acids is 2. The van der Waals surface area contributed by atoms with E-state index in [0.29, 0.717) is 18.7 Å². The normalized spacial score (nSPS) is 17.3. The number of hydrogen-bond donors (Lipinski definition) is 1. The van der Waals surface area contributed by atoms with Crippen molar-refractivity contribution in [2.45, 2.75) is 24.8 Å². The van der Waals surface area contributed by atoms with E-state index in [1.165, 1.54) is 0 Å². The van der Waals surface area contributed by atoms with E-state index in [4.69, 9.17) is 9.28 Å². The van der Waals surface area contributed by atoms with Gasteiger partial charge in [0.05, 0.1) is 41.4 Å². The van der Waals surface area contributed by atoms with E-state index in [1.807, 2.05) is 66.9 Å². The topological polar surface area (TPSA) is 112 Å². The SMILES string of the molecule is CS(=O)(=O)OCCCn1nc(C2C(=O)NC(=O)C2c2cn(-c3ccc4ccccc4c3)c3ccccc23)c2ccccc21. The van der Waals surface area contributed by atoms with Crippen molar-refractivity contribution in [3.8, 4) is 5.69 Å². The highest BCUT2D eigenvalue weighted by Gasteiger charge is 2.47. The Morgan fingerprint density at radius 2 is 1.49 bits per heavy atom. The maximum atomic E-state index is 13.5. The Balaban J connectivity index is 1.32. The van der Waals surface area contributed by atoms with Crippen LogP contribution in [0.1, 0.15) is 29.5 Å². The lowest BCUT2D eigenvalue weighted by molar-refractivity contribution is -0.125. The lowest BCUT2D eigenvalue weighted by Gasteiger charge is -2.14. The van der Waals surface area contributed by atoms with Gasteiger partial charge in [0, 0.05) is 29.2 Å². The molecule has 43 heavy (non-hydrogen) atoms. The summed E-state index contributed by atoms with van der Waals surface area (Å²) in [6, 6.07) is 29.8. The first kappa shape index (κ1) is 27.1. The van der Waals surface area contributed by atoms with E-state index in [2.05, 4.69) is 40.2 Å². The monoisotopic (exact) mass is 592 g/mol. The summed E-state index contributed by atoms with van der Waals surface area (Å²) in [6.07, 6.45) is 3.38. The maximum absolute atomic E-state index is 13.5. The van der Waals surface area contributed by atoms with Crippen molar-refractivity contribution in [1.82, 2.24) is 19.7 Å². The smallest absolute Gasteiger partial charge is 0.264 e. The van der Waals surface area contributed by atoms with Crippen LogP contribution in [0.2, 0.25) is 0 Å². The highest BCUT2D eigenvalue weighted by molar-refractivity contribution is 7.85. The van der Waals surface area contributed by atoms with Gasteiger partial charge in [0.2, 0.25) is 11.8 Å². The molecule has 1 aliphatic heterocycles. The maximum Gasteiger partial charge on any atom is 0.264 e. The van der Waals surface area contributed by atoms with Crippen LogP contribution in [-0.4, -0.2) is 47.4 Å². The van der Waals surface area contributed by atoms with Gasteiger partial charge in [-0.1, -0.05) is 66.7 Å². The molecular formula is C33H28N4O5S. The molecule has 216 valence electrons. The third-order valence-corrected chi connectivity index (χ3v) is 8.62. The molecule has 1 aliphatic rings. The second kappa shape index (κ2) is 10.5. The first-order chi connectivity index (χ1) is 20.8. The molecule has 1 N–H and O–H groups in total. The molecule has 0 bridgehead atoms. The van der Waals surface area contributed by atoms with Gasteiger partial charge in [0.1, 0.15) is 0 Å². The van der Waals surface area contributed by atoms with Gasteiger partial charge in [0.15, 0.2) is 0 Å². The van der Waals surface area contributed by atoms with E-state index in [-0.39, 0.29) is 12.5 Å². The Kier molecular flexibility index (Phi) is 6.60. The molecule has 2 unspecified atom stereocenters. The Hall–Kier alpha value is -4.80. The van der Waals surface area contributed by atoms with Crippen LogP contribution in [0.5, 0.6) is 0 Å². The average molecular weight is 593 g/mol. The third-order valence-electron chi connectivity index (χ3n) is 8.03. The molecule has 2 amide bonds. The van der Waals surface area contributed by atoms with Crippen molar-refractivity contribution in [2.24, 2.45) is 0 Å². The number of imide groups is 1. The van der Waals surface area contributed by atoms with Gasteiger partial charge in [-0.2, -0.15) is 13.5 Å². The number of para-hydroxylation sites is 2. The van der Waals surface area contributed by atoms with E-state index in [1.54, 1.807) is 4.68 Å². The van der Waals surface area contributed by atoms with Gasteiger partial charge < -0.3 is 4.57 Å². The Morgan fingerprint density at radius 3 is 2.28 bits per heavy atom. The predicted molar refractivity (Wildman–Crippen MR) is 165 cm³/mol. The molecule has 0 spiro atoms. The third kappa shape index (κ3) is 4.88. The van der Waals surface area contributed by atoms with Crippen LogP contribution in [0.3, 0.4) is 0 Å². The Morgan fingerprint density at radius 1 is 0.814 bits per heavy atom. The van der Waals surface area contributed by atoms with Crippen LogP contribution in [0, 0.1) is 0 Å². The second-order valence-corrected chi connectivity index (χ2v) is 12.5. The number of amides is 2. The van der Waals surface area contributed by atoms with Crippen molar-refractivity contribution in [1.29, 1.82) is 0 Å². The molecule has 1 saturated heterocycles. The minimum absolute atomic E-state index is 0.0155. The lowest BCUT2D eigenvalue weighted by Crippen LogP contribution is -2.22. The van der Waals surface area contributed by atoms with Gasteiger partial charge in [0.25, 0.3) is 10.1 Å². The summed E-state index contributed by atoms with van der Waals surface area (Å²) in [5.41, 5.74) is 3.93. The number of nitrogens with one attached hydrogen (secondary N) is 1. The summed E-state index contributed by atoms with van der Waals surface area (Å²) >= 11 is 0. The minimum Gasteiger partial charge on any atom is -0.316 e. The molecule has 7 rings (SSSR count). The zero-order valence-corrected chi connectivity index (χ0v) is 24.1. The molecule has 4 aromatic carbocycles. The first-order valence-electron chi connectivity index (χ1n) is 14.0. The molecule has 2 aromatic heterocycles. The number of benzene rings is 4. The number of carbonyl (C=O) groups is 2. The fourth-order valence-corrected chi connectivity index (χ4v) is 6.58. The molecule has 1 fully saturated rings. The van der Waals surface area contributed by atoms with Gasteiger partial charge in [-0.05, 0) is 47.0 Å². The number of fused-ring (bicyclic) bond motifs is 3. The lowest BCUT2D eigenvalue weighted by atomic mass is 9.84. The molecule has 2 atom stereocenters. The fraction of sp³-hybridized carbons (Fsp3) is 0.182. The zero-order valence-electron chi connectivity index (χ0n) is 23.3. The van der Waals surface area contributed by atoms with Gasteiger partial charge in [-0.3, -0.25) is 23.8 Å². The van der Waals surface area contributed by atoms with E-state index < -0.39 is 27.9 Å². The molecule has 3 heterocycles. The van der Waals surface area contributed by atoms with Crippen LogP contribution in [-0.2, 0) is 30.4 Å². The quantitative estimate of drug-likeness (QED) is 0.151. The summed E-state index contributed by atoms with van der Waals surface area (Å²) in [5, 5.41) is 11.3. The summed E-state index contributed by atoms with van der Waals surface area (Å²) in [4.78, 5) is 27.0. The van der Waals surface area contributed by atoms with Crippen LogP contribution in [0.25, 0.3) is 38.3 Å². The van der Waals surface area contributed by atoms with Gasteiger partial charge in [-0.15, -0.1) is 0 Å². The minimum atomic E-state index is -3.55. The van der Waals surface area contributed by atoms with Crippen LogP contribution in [0.4, 0.5) is 0 Å². The highest BCUT2D eigenvalue weighted by Crippen LogP contribution is 2.43. The number of nitrogens with zero attached hydrogens (tertiary/aromatic N) is 3. The average Bonchev–Trinajstić information content (AvgIpc) is 3.65. The molecular weight excluding hydrogens is 564 g/mol. The fourth-order valence-electron chi connectivity index (χ4n) is 6.15. The predicted octanol–water partition coefficient (Wildman–Crippen LogP) is 5.02. The van der Waals surface area contributed by atoms with E-state index in [0.717, 1.165) is 50.1 Å². The molecule has 0 saturated carbocycles. The van der Waals surface area contributed by atoms with Gasteiger partial charge in [-0.25, -0.2) is 0 Å². The van der Waals surface area contributed by atoms with Crippen molar-refractivity contribution in [2.75, 3.05) is 12.9 Å². The van der Waals surface area contributed by atoms with Crippen LogP contribution in [0.15, 0.2) is 97.2 Å². The second-order valence-electron chi connectivity index (χ2n) is 10.8. The first-order valence-corrected chi connectivity index (χ1v) is 15.8. The van der Waals surface area contributed by atoms with E-state index in [9.17, 15) is 18.0 Å². The number of aryl methyl sites for hydroxylation is 1. The molecule has 6 aromatic rings. The van der Waals surface area contributed by atoms with Crippen molar-refractivity contribution in [3.05, 3.63) is 108 Å². The summed E-state index contributed by atoms with van der Waals surface area (Å²) in [5.74, 6) is -2.40.